The summed E-state index contributed by atoms with van der Waals surface area (Å²) in [5.74, 6) is -0.932. The van der Waals surface area contributed by atoms with Gasteiger partial charge in [0.25, 0.3) is 0 Å². The van der Waals surface area contributed by atoms with E-state index in [1.165, 1.54) is 24.8 Å². The molecule has 0 aromatic heterocycles. The molecule has 0 atom stereocenters. The second kappa shape index (κ2) is 7.45. The number of hydrogen-bond donors (Lipinski definition) is 0. The molecule has 1 aliphatic heterocycles. The Kier molecular flexibility index (Phi) is 5.11. The van der Waals surface area contributed by atoms with Crippen LogP contribution in [0.4, 0.5) is 10.1 Å². The molecule has 5 heteroatoms. The maximum atomic E-state index is 13.5. The number of carbonyl (C=O) groups excluding carboxylic acids is 1. The molecule has 0 aliphatic carbocycles. The van der Waals surface area contributed by atoms with Gasteiger partial charge in [-0.25, -0.2) is 9.18 Å². The number of ether oxygens (including phenoxy) is 1. The van der Waals surface area contributed by atoms with Crippen molar-refractivity contribution in [3.63, 3.8) is 0 Å². The SMILES string of the molecule is COC(=O)c1cc(F)ccc1N1CCN(Cc2ccccc2)CC1. The zero-order valence-electron chi connectivity index (χ0n) is 13.7. The van der Waals surface area contributed by atoms with Gasteiger partial charge in [0, 0.05) is 32.7 Å². The predicted octanol–water partition coefficient (Wildman–Crippen LogP) is 2.93. The van der Waals surface area contributed by atoms with Gasteiger partial charge in [0.05, 0.1) is 18.4 Å². The molecule has 0 amide bonds. The Balaban J connectivity index is 1.67. The number of rotatable bonds is 4. The summed E-state index contributed by atoms with van der Waals surface area (Å²) in [5, 5.41) is 0. The average molecular weight is 328 g/mol. The number of anilines is 1. The first-order valence-electron chi connectivity index (χ1n) is 8.06. The van der Waals surface area contributed by atoms with Crippen molar-refractivity contribution < 1.29 is 13.9 Å². The fourth-order valence-corrected chi connectivity index (χ4v) is 3.05. The lowest BCUT2D eigenvalue weighted by Gasteiger charge is -2.36. The van der Waals surface area contributed by atoms with Crippen LogP contribution in [0.2, 0.25) is 0 Å². The van der Waals surface area contributed by atoms with Gasteiger partial charge in [0.2, 0.25) is 0 Å². The van der Waals surface area contributed by atoms with Gasteiger partial charge in [-0.2, -0.15) is 0 Å². The summed E-state index contributed by atoms with van der Waals surface area (Å²) in [7, 11) is 1.31. The minimum Gasteiger partial charge on any atom is -0.465 e. The lowest BCUT2D eigenvalue weighted by molar-refractivity contribution is 0.0600. The molecule has 1 fully saturated rings. The number of carbonyl (C=O) groups is 1. The first-order chi connectivity index (χ1) is 11.7. The van der Waals surface area contributed by atoms with Gasteiger partial charge in [-0.3, -0.25) is 4.90 Å². The Morgan fingerprint density at radius 2 is 1.79 bits per heavy atom. The molecule has 3 rings (SSSR count). The van der Waals surface area contributed by atoms with Crippen LogP contribution in [0.25, 0.3) is 0 Å². The molecular formula is C19H21FN2O2. The Bertz CT molecular complexity index is 698. The number of hydrogen-bond acceptors (Lipinski definition) is 4. The lowest BCUT2D eigenvalue weighted by atomic mass is 10.1. The molecular weight excluding hydrogens is 307 g/mol. The van der Waals surface area contributed by atoms with Crippen molar-refractivity contribution in [1.29, 1.82) is 0 Å². The average Bonchev–Trinajstić information content (AvgIpc) is 2.62. The van der Waals surface area contributed by atoms with E-state index in [1.54, 1.807) is 6.07 Å². The number of methoxy groups -OCH3 is 1. The maximum Gasteiger partial charge on any atom is 0.340 e. The molecule has 4 nitrogen and oxygen atoms in total. The standard InChI is InChI=1S/C19H21FN2O2/c1-24-19(23)17-13-16(20)7-8-18(17)22-11-9-21(10-12-22)14-15-5-3-2-4-6-15/h2-8,13H,9-12,14H2,1H3. The third-order valence-electron chi connectivity index (χ3n) is 4.33. The quantitative estimate of drug-likeness (QED) is 0.808. The van der Waals surface area contributed by atoms with Gasteiger partial charge in [-0.05, 0) is 23.8 Å². The van der Waals surface area contributed by atoms with Crippen LogP contribution in [0.5, 0.6) is 0 Å². The molecule has 1 aliphatic rings. The Hall–Kier alpha value is -2.40. The summed E-state index contributed by atoms with van der Waals surface area (Å²) >= 11 is 0. The van der Waals surface area contributed by atoms with Crippen LogP contribution in [0.3, 0.4) is 0 Å². The number of halogens is 1. The van der Waals surface area contributed by atoms with E-state index < -0.39 is 11.8 Å². The molecule has 0 bridgehead atoms. The molecule has 1 heterocycles. The number of nitrogens with zero attached hydrogens (tertiary/aromatic N) is 2. The molecule has 0 unspecified atom stereocenters. The van der Waals surface area contributed by atoms with Crippen molar-refractivity contribution in [3.8, 4) is 0 Å². The third kappa shape index (κ3) is 3.74. The maximum absolute atomic E-state index is 13.5. The molecule has 0 N–H and O–H groups in total. The smallest absolute Gasteiger partial charge is 0.340 e. The topological polar surface area (TPSA) is 32.8 Å². The van der Waals surface area contributed by atoms with Crippen molar-refractivity contribution in [3.05, 3.63) is 65.5 Å². The number of benzene rings is 2. The van der Waals surface area contributed by atoms with Crippen molar-refractivity contribution in [2.45, 2.75) is 6.54 Å². The minimum atomic E-state index is -0.504. The number of piperazine rings is 1. The van der Waals surface area contributed by atoms with Gasteiger partial charge >= 0.3 is 5.97 Å². The third-order valence-corrected chi connectivity index (χ3v) is 4.33. The summed E-state index contributed by atoms with van der Waals surface area (Å²) in [6.07, 6.45) is 0. The van der Waals surface area contributed by atoms with E-state index in [4.69, 9.17) is 4.74 Å². The summed E-state index contributed by atoms with van der Waals surface area (Å²) in [6.45, 7) is 4.30. The highest BCUT2D eigenvalue weighted by molar-refractivity contribution is 5.95. The van der Waals surface area contributed by atoms with Crippen LogP contribution in [-0.4, -0.2) is 44.2 Å². The Morgan fingerprint density at radius 3 is 2.46 bits per heavy atom. The van der Waals surface area contributed by atoms with E-state index in [2.05, 4.69) is 21.9 Å². The first-order valence-corrected chi connectivity index (χ1v) is 8.06. The van der Waals surface area contributed by atoms with E-state index in [0.717, 1.165) is 38.4 Å². The van der Waals surface area contributed by atoms with Crippen molar-refractivity contribution in [1.82, 2.24) is 4.90 Å². The van der Waals surface area contributed by atoms with Crippen molar-refractivity contribution >= 4 is 11.7 Å². The molecule has 24 heavy (non-hydrogen) atoms. The fourth-order valence-electron chi connectivity index (χ4n) is 3.05. The van der Waals surface area contributed by atoms with E-state index >= 15 is 0 Å². The summed E-state index contributed by atoms with van der Waals surface area (Å²) < 4.78 is 18.3. The van der Waals surface area contributed by atoms with Crippen LogP contribution >= 0.6 is 0 Å². The zero-order valence-corrected chi connectivity index (χ0v) is 13.7. The van der Waals surface area contributed by atoms with Crippen LogP contribution in [0.15, 0.2) is 48.5 Å². The van der Waals surface area contributed by atoms with Gasteiger partial charge in [0.15, 0.2) is 0 Å². The summed E-state index contributed by atoms with van der Waals surface area (Å²) in [4.78, 5) is 16.4. The van der Waals surface area contributed by atoms with Crippen LogP contribution in [0, 0.1) is 5.82 Å². The monoisotopic (exact) mass is 328 g/mol. The first kappa shape index (κ1) is 16.5. The highest BCUT2D eigenvalue weighted by Gasteiger charge is 2.22. The molecule has 1 saturated heterocycles. The van der Waals surface area contributed by atoms with Crippen molar-refractivity contribution in [2.24, 2.45) is 0 Å². The van der Waals surface area contributed by atoms with Crippen LogP contribution < -0.4 is 4.90 Å². The largest absolute Gasteiger partial charge is 0.465 e. The zero-order chi connectivity index (χ0) is 16.9. The van der Waals surface area contributed by atoms with Crippen LogP contribution in [0.1, 0.15) is 15.9 Å². The molecule has 0 radical (unpaired) electrons. The molecule has 0 saturated carbocycles. The molecule has 0 spiro atoms. The number of esters is 1. The molecule has 126 valence electrons. The molecule has 2 aromatic carbocycles. The van der Waals surface area contributed by atoms with Crippen molar-refractivity contribution in [2.75, 3.05) is 38.2 Å². The Labute approximate surface area is 141 Å². The minimum absolute atomic E-state index is 0.286. The van der Waals surface area contributed by atoms with Gasteiger partial charge in [-0.15, -0.1) is 0 Å². The predicted molar refractivity (Wildman–Crippen MR) is 91.7 cm³/mol. The molecule has 2 aromatic rings. The Morgan fingerprint density at radius 1 is 1.08 bits per heavy atom. The van der Waals surface area contributed by atoms with Crippen LogP contribution in [-0.2, 0) is 11.3 Å². The van der Waals surface area contributed by atoms with E-state index in [-0.39, 0.29) is 5.56 Å². The van der Waals surface area contributed by atoms with Gasteiger partial charge in [-0.1, -0.05) is 30.3 Å². The normalized spacial score (nSPS) is 15.3. The highest BCUT2D eigenvalue weighted by Crippen LogP contribution is 2.24. The fraction of sp³-hybridized carbons (Fsp3) is 0.316. The van der Waals surface area contributed by atoms with E-state index in [9.17, 15) is 9.18 Å². The summed E-state index contributed by atoms with van der Waals surface area (Å²) in [5.41, 5.74) is 2.32. The second-order valence-electron chi connectivity index (χ2n) is 5.90. The van der Waals surface area contributed by atoms with E-state index in [1.807, 2.05) is 18.2 Å². The van der Waals surface area contributed by atoms with E-state index in [0.29, 0.717) is 0 Å². The lowest BCUT2D eigenvalue weighted by Crippen LogP contribution is -2.46. The highest BCUT2D eigenvalue weighted by atomic mass is 19.1. The van der Waals surface area contributed by atoms with Gasteiger partial charge in [0.1, 0.15) is 5.82 Å². The second-order valence-corrected chi connectivity index (χ2v) is 5.90. The summed E-state index contributed by atoms with van der Waals surface area (Å²) in [6, 6.07) is 14.7. The van der Waals surface area contributed by atoms with Gasteiger partial charge < -0.3 is 9.64 Å².